The van der Waals surface area contributed by atoms with E-state index in [1.54, 1.807) is 45.9 Å². The van der Waals surface area contributed by atoms with E-state index in [9.17, 15) is 4.79 Å². The molecule has 32 heavy (non-hydrogen) atoms. The summed E-state index contributed by atoms with van der Waals surface area (Å²) in [6, 6.07) is 16.2. The summed E-state index contributed by atoms with van der Waals surface area (Å²) in [5.74, 6) is 0.749. The molecule has 0 saturated heterocycles. The van der Waals surface area contributed by atoms with Gasteiger partial charge in [0.1, 0.15) is 5.75 Å². The molecule has 2 heterocycles. The highest BCUT2D eigenvalue weighted by molar-refractivity contribution is 9.10. The number of carbonyl (C=O) groups is 1. The number of hydrogen-bond donors (Lipinski definition) is 1. The first-order chi connectivity index (χ1) is 15.4. The van der Waals surface area contributed by atoms with E-state index in [4.69, 9.17) is 27.9 Å². The van der Waals surface area contributed by atoms with Crippen LogP contribution in [0, 0.1) is 6.92 Å². The molecule has 0 aliphatic heterocycles. The second kappa shape index (κ2) is 9.77. The third kappa shape index (κ3) is 5.32. The summed E-state index contributed by atoms with van der Waals surface area (Å²) in [6.07, 6.45) is 1.68. The fraction of sp³-hybridized carbons (Fsp3) is 0.136. The van der Waals surface area contributed by atoms with Gasteiger partial charge in [-0.25, -0.2) is 4.68 Å². The fourth-order valence-corrected chi connectivity index (χ4v) is 3.75. The molecule has 0 aliphatic carbocycles. The standard InChI is InChI=1S/C22H18BrCl2N5O2/c1-14-11-21(28-30(14)12-17-18(24)3-2-4-19(17)25)26-22(31)20-9-10-29(27-20)13-32-16-7-5-15(23)6-8-16/h2-11H,12-13H2,1H3,(H,26,28,31). The van der Waals surface area contributed by atoms with Crippen LogP contribution in [0.5, 0.6) is 5.75 Å². The Bertz CT molecular complexity index is 1230. The Balaban J connectivity index is 1.39. The maximum atomic E-state index is 12.6. The molecule has 0 fully saturated rings. The van der Waals surface area contributed by atoms with Crippen LogP contribution in [0.2, 0.25) is 10.0 Å². The number of aryl methyl sites for hydroxylation is 1. The largest absolute Gasteiger partial charge is 0.471 e. The number of amides is 1. The highest BCUT2D eigenvalue weighted by Gasteiger charge is 2.14. The van der Waals surface area contributed by atoms with Crippen molar-refractivity contribution < 1.29 is 9.53 Å². The number of halogens is 3. The van der Waals surface area contributed by atoms with E-state index in [0.717, 1.165) is 15.7 Å². The predicted molar refractivity (Wildman–Crippen MR) is 127 cm³/mol. The predicted octanol–water partition coefficient (Wildman–Crippen LogP) is 5.79. The number of nitrogens with one attached hydrogen (secondary N) is 1. The summed E-state index contributed by atoms with van der Waals surface area (Å²) in [5, 5.41) is 12.6. The molecule has 0 saturated carbocycles. The van der Waals surface area contributed by atoms with Gasteiger partial charge < -0.3 is 10.1 Å². The summed E-state index contributed by atoms with van der Waals surface area (Å²) in [6.45, 7) is 2.46. The second-order valence-corrected chi connectivity index (χ2v) is 8.68. The summed E-state index contributed by atoms with van der Waals surface area (Å²) < 4.78 is 9.90. The fourth-order valence-electron chi connectivity index (χ4n) is 2.97. The number of carbonyl (C=O) groups excluding carboxylic acids is 1. The number of nitrogens with zero attached hydrogens (tertiary/aromatic N) is 4. The van der Waals surface area contributed by atoms with Crippen LogP contribution in [-0.4, -0.2) is 25.5 Å². The Kier molecular flexibility index (Phi) is 6.83. The molecule has 10 heteroatoms. The van der Waals surface area contributed by atoms with Crippen molar-refractivity contribution in [2.24, 2.45) is 0 Å². The number of hydrogen-bond acceptors (Lipinski definition) is 4. The zero-order chi connectivity index (χ0) is 22.7. The third-order valence-corrected chi connectivity index (χ3v) is 5.88. The van der Waals surface area contributed by atoms with Gasteiger partial charge in [-0.15, -0.1) is 0 Å². The van der Waals surface area contributed by atoms with Crippen LogP contribution in [0.3, 0.4) is 0 Å². The molecule has 0 atom stereocenters. The van der Waals surface area contributed by atoms with Gasteiger partial charge in [-0.3, -0.25) is 9.48 Å². The Morgan fingerprint density at radius 1 is 1.09 bits per heavy atom. The van der Waals surface area contributed by atoms with E-state index in [2.05, 4.69) is 31.4 Å². The lowest BCUT2D eigenvalue weighted by atomic mass is 10.2. The molecule has 0 aliphatic rings. The van der Waals surface area contributed by atoms with E-state index in [0.29, 0.717) is 28.2 Å². The van der Waals surface area contributed by atoms with Crippen molar-refractivity contribution in [1.29, 1.82) is 0 Å². The lowest BCUT2D eigenvalue weighted by molar-refractivity contribution is 0.101. The van der Waals surface area contributed by atoms with Crippen LogP contribution in [0.15, 0.2) is 65.3 Å². The number of benzene rings is 2. The van der Waals surface area contributed by atoms with Gasteiger partial charge in [0.25, 0.3) is 5.91 Å². The van der Waals surface area contributed by atoms with Gasteiger partial charge in [-0.1, -0.05) is 45.2 Å². The van der Waals surface area contributed by atoms with Gasteiger partial charge in [0.15, 0.2) is 18.2 Å². The molecule has 0 bridgehead atoms. The van der Waals surface area contributed by atoms with Crippen LogP contribution in [0.1, 0.15) is 21.7 Å². The van der Waals surface area contributed by atoms with Crippen LogP contribution in [-0.2, 0) is 13.3 Å². The maximum Gasteiger partial charge on any atom is 0.277 e. The first-order valence-corrected chi connectivity index (χ1v) is 11.1. The number of rotatable bonds is 7. The van der Waals surface area contributed by atoms with Gasteiger partial charge in [0.05, 0.1) is 6.54 Å². The van der Waals surface area contributed by atoms with Crippen molar-refractivity contribution in [3.63, 3.8) is 0 Å². The van der Waals surface area contributed by atoms with E-state index in [-0.39, 0.29) is 18.3 Å². The van der Waals surface area contributed by atoms with Crippen molar-refractivity contribution in [2.75, 3.05) is 5.32 Å². The normalized spacial score (nSPS) is 10.9. The zero-order valence-electron chi connectivity index (χ0n) is 16.9. The van der Waals surface area contributed by atoms with Crippen molar-refractivity contribution >= 4 is 50.9 Å². The molecular weight excluding hydrogens is 517 g/mol. The SMILES string of the molecule is Cc1cc(NC(=O)c2ccn(COc3ccc(Br)cc3)n2)nn1Cc1c(Cl)cccc1Cl. The molecule has 4 rings (SSSR count). The average Bonchev–Trinajstić information content (AvgIpc) is 3.37. The van der Waals surface area contributed by atoms with Gasteiger partial charge in [0.2, 0.25) is 0 Å². The minimum atomic E-state index is -0.368. The quantitative estimate of drug-likeness (QED) is 0.325. The molecular formula is C22H18BrCl2N5O2. The van der Waals surface area contributed by atoms with Crippen molar-refractivity contribution in [3.05, 3.63) is 92.3 Å². The van der Waals surface area contributed by atoms with E-state index >= 15 is 0 Å². The highest BCUT2D eigenvalue weighted by Crippen LogP contribution is 2.26. The summed E-state index contributed by atoms with van der Waals surface area (Å²) >= 11 is 15.9. The monoisotopic (exact) mass is 533 g/mol. The van der Waals surface area contributed by atoms with Crippen LogP contribution in [0.4, 0.5) is 5.82 Å². The molecule has 1 N–H and O–H groups in total. The van der Waals surface area contributed by atoms with Crippen LogP contribution >= 0.6 is 39.1 Å². The summed E-state index contributed by atoms with van der Waals surface area (Å²) in [7, 11) is 0. The number of anilines is 1. The Labute approximate surface area is 203 Å². The molecule has 0 unspecified atom stereocenters. The van der Waals surface area contributed by atoms with Crippen LogP contribution in [0.25, 0.3) is 0 Å². The maximum absolute atomic E-state index is 12.6. The van der Waals surface area contributed by atoms with Crippen molar-refractivity contribution in [1.82, 2.24) is 19.6 Å². The van der Waals surface area contributed by atoms with Gasteiger partial charge in [-0.05, 0) is 49.4 Å². The topological polar surface area (TPSA) is 74.0 Å². The molecule has 2 aromatic heterocycles. The van der Waals surface area contributed by atoms with Crippen molar-refractivity contribution in [2.45, 2.75) is 20.2 Å². The Morgan fingerprint density at radius 3 is 2.53 bits per heavy atom. The first kappa shape index (κ1) is 22.4. The van der Waals surface area contributed by atoms with Gasteiger partial charge in [0, 0.05) is 38.0 Å². The Hall–Kier alpha value is -2.81. The molecule has 7 nitrogen and oxygen atoms in total. The Morgan fingerprint density at radius 2 is 1.81 bits per heavy atom. The second-order valence-electron chi connectivity index (χ2n) is 6.95. The third-order valence-electron chi connectivity index (χ3n) is 4.64. The number of ether oxygens (including phenoxy) is 1. The first-order valence-electron chi connectivity index (χ1n) is 9.59. The van der Waals surface area contributed by atoms with Crippen molar-refractivity contribution in [3.8, 4) is 5.75 Å². The average molecular weight is 535 g/mol. The van der Waals surface area contributed by atoms with E-state index in [1.807, 2.05) is 31.2 Å². The highest BCUT2D eigenvalue weighted by atomic mass is 79.9. The van der Waals surface area contributed by atoms with E-state index in [1.165, 1.54) is 0 Å². The number of aromatic nitrogens is 4. The van der Waals surface area contributed by atoms with Crippen LogP contribution < -0.4 is 10.1 Å². The van der Waals surface area contributed by atoms with Gasteiger partial charge in [-0.2, -0.15) is 10.2 Å². The van der Waals surface area contributed by atoms with Gasteiger partial charge >= 0.3 is 0 Å². The molecule has 164 valence electrons. The molecule has 1 amide bonds. The smallest absolute Gasteiger partial charge is 0.277 e. The molecule has 0 spiro atoms. The minimum Gasteiger partial charge on any atom is -0.471 e. The molecule has 4 aromatic rings. The lowest BCUT2D eigenvalue weighted by Crippen LogP contribution is -2.15. The summed E-state index contributed by atoms with van der Waals surface area (Å²) in [5.41, 5.74) is 1.87. The van der Waals surface area contributed by atoms with E-state index < -0.39 is 0 Å². The molecule has 2 aromatic carbocycles. The minimum absolute atomic E-state index is 0.182. The zero-order valence-corrected chi connectivity index (χ0v) is 20.0. The lowest BCUT2D eigenvalue weighted by Gasteiger charge is -2.08. The molecule has 0 radical (unpaired) electrons. The summed E-state index contributed by atoms with van der Waals surface area (Å²) in [4.78, 5) is 12.6.